The standard InChI is InChI=1S/C13H19NO3/c1-4-13(14,12(15)17-3)9-10-5-7-11(16-2)8-6-10/h5-8H,4,9,14H2,1-3H3/t13-/m0/s1. The van der Waals surface area contributed by atoms with Crippen molar-refractivity contribution in [3.05, 3.63) is 29.8 Å². The maximum atomic E-state index is 11.6. The molecule has 0 aliphatic rings. The topological polar surface area (TPSA) is 61.5 Å². The van der Waals surface area contributed by atoms with Gasteiger partial charge in [-0.25, -0.2) is 0 Å². The predicted octanol–water partition coefficient (Wildman–Crippen LogP) is 1.52. The van der Waals surface area contributed by atoms with Gasteiger partial charge in [-0.3, -0.25) is 4.79 Å². The molecule has 4 heteroatoms. The van der Waals surface area contributed by atoms with Crippen LogP contribution in [0.5, 0.6) is 5.75 Å². The first-order valence-electron chi connectivity index (χ1n) is 5.56. The molecule has 0 spiro atoms. The van der Waals surface area contributed by atoms with Crippen LogP contribution in [0.25, 0.3) is 0 Å². The minimum absolute atomic E-state index is 0.379. The molecule has 0 saturated carbocycles. The lowest BCUT2D eigenvalue weighted by Gasteiger charge is -2.25. The number of hydrogen-bond acceptors (Lipinski definition) is 4. The van der Waals surface area contributed by atoms with Gasteiger partial charge in [0, 0.05) is 6.42 Å². The van der Waals surface area contributed by atoms with E-state index in [0.29, 0.717) is 12.8 Å². The Morgan fingerprint density at radius 3 is 2.29 bits per heavy atom. The molecule has 1 rings (SSSR count). The second-order valence-corrected chi connectivity index (χ2v) is 4.03. The van der Waals surface area contributed by atoms with Gasteiger partial charge < -0.3 is 15.2 Å². The number of rotatable bonds is 5. The molecule has 0 radical (unpaired) electrons. The van der Waals surface area contributed by atoms with E-state index in [4.69, 9.17) is 15.2 Å². The molecular weight excluding hydrogens is 218 g/mol. The van der Waals surface area contributed by atoms with Crippen LogP contribution in [-0.2, 0) is 16.0 Å². The van der Waals surface area contributed by atoms with Crippen LogP contribution in [0, 0.1) is 0 Å². The van der Waals surface area contributed by atoms with Crippen molar-refractivity contribution >= 4 is 5.97 Å². The molecule has 0 fully saturated rings. The van der Waals surface area contributed by atoms with Gasteiger partial charge in [-0.1, -0.05) is 19.1 Å². The summed E-state index contributed by atoms with van der Waals surface area (Å²) in [5.74, 6) is 0.404. The maximum Gasteiger partial charge on any atom is 0.326 e. The number of esters is 1. The molecule has 0 aromatic heterocycles. The lowest BCUT2D eigenvalue weighted by molar-refractivity contribution is -0.147. The van der Waals surface area contributed by atoms with Gasteiger partial charge >= 0.3 is 5.97 Å². The third-order valence-corrected chi connectivity index (χ3v) is 2.90. The van der Waals surface area contributed by atoms with Crippen LogP contribution in [0.15, 0.2) is 24.3 Å². The molecular formula is C13H19NO3. The zero-order valence-electron chi connectivity index (χ0n) is 10.5. The Balaban J connectivity index is 2.83. The van der Waals surface area contributed by atoms with Gasteiger partial charge in [0.15, 0.2) is 0 Å². The molecule has 0 amide bonds. The number of hydrogen-bond donors (Lipinski definition) is 1. The van der Waals surface area contributed by atoms with E-state index in [1.807, 2.05) is 31.2 Å². The molecule has 94 valence electrons. The predicted molar refractivity (Wildman–Crippen MR) is 65.9 cm³/mol. The summed E-state index contributed by atoms with van der Waals surface area (Å²) < 4.78 is 9.81. The normalized spacial score (nSPS) is 13.9. The van der Waals surface area contributed by atoms with Gasteiger partial charge in [0.1, 0.15) is 11.3 Å². The number of carbonyl (C=O) groups is 1. The Bertz CT molecular complexity index is 375. The van der Waals surface area contributed by atoms with E-state index in [-0.39, 0.29) is 5.97 Å². The molecule has 2 N–H and O–H groups in total. The van der Waals surface area contributed by atoms with Crippen LogP contribution >= 0.6 is 0 Å². The highest BCUT2D eigenvalue weighted by atomic mass is 16.5. The molecule has 0 unspecified atom stereocenters. The summed E-state index contributed by atoms with van der Waals surface area (Å²) in [4.78, 5) is 11.6. The number of carbonyl (C=O) groups excluding carboxylic acids is 1. The second-order valence-electron chi connectivity index (χ2n) is 4.03. The van der Waals surface area contributed by atoms with Crippen LogP contribution in [0.2, 0.25) is 0 Å². The first-order chi connectivity index (χ1) is 8.05. The first-order valence-corrected chi connectivity index (χ1v) is 5.56. The Kier molecular flexibility index (Phi) is 4.52. The van der Waals surface area contributed by atoms with E-state index in [1.165, 1.54) is 7.11 Å². The summed E-state index contributed by atoms with van der Waals surface area (Å²) >= 11 is 0. The number of methoxy groups -OCH3 is 2. The Hall–Kier alpha value is -1.55. The third-order valence-electron chi connectivity index (χ3n) is 2.90. The number of benzene rings is 1. The summed E-state index contributed by atoms with van der Waals surface area (Å²) in [7, 11) is 2.97. The molecule has 1 aromatic carbocycles. The number of ether oxygens (including phenoxy) is 2. The Morgan fingerprint density at radius 2 is 1.88 bits per heavy atom. The quantitative estimate of drug-likeness (QED) is 0.789. The van der Waals surface area contributed by atoms with E-state index < -0.39 is 5.54 Å². The fourth-order valence-electron chi connectivity index (χ4n) is 1.65. The monoisotopic (exact) mass is 237 g/mol. The van der Waals surface area contributed by atoms with E-state index in [0.717, 1.165) is 11.3 Å². The van der Waals surface area contributed by atoms with Crippen LogP contribution < -0.4 is 10.5 Å². The largest absolute Gasteiger partial charge is 0.497 e. The molecule has 0 aliphatic heterocycles. The van der Waals surface area contributed by atoms with Crippen molar-refractivity contribution in [2.45, 2.75) is 25.3 Å². The number of nitrogens with two attached hydrogens (primary N) is 1. The lowest BCUT2D eigenvalue weighted by Crippen LogP contribution is -2.50. The van der Waals surface area contributed by atoms with E-state index in [2.05, 4.69) is 0 Å². The van der Waals surface area contributed by atoms with Crippen molar-refractivity contribution < 1.29 is 14.3 Å². The fraction of sp³-hybridized carbons (Fsp3) is 0.462. The fourth-order valence-corrected chi connectivity index (χ4v) is 1.65. The highest BCUT2D eigenvalue weighted by Crippen LogP contribution is 2.19. The summed E-state index contributed by atoms with van der Waals surface area (Å²) in [6, 6.07) is 7.50. The van der Waals surface area contributed by atoms with Gasteiger partial charge in [-0.2, -0.15) is 0 Å². The third kappa shape index (κ3) is 3.20. The van der Waals surface area contributed by atoms with Gasteiger partial charge in [0.05, 0.1) is 14.2 Å². The zero-order valence-corrected chi connectivity index (χ0v) is 10.5. The molecule has 1 aromatic rings. The first kappa shape index (κ1) is 13.5. The molecule has 0 heterocycles. The minimum Gasteiger partial charge on any atom is -0.497 e. The van der Waals surface area contributed by atoms with Crippen molar-refractivity contribution in [1.29, 1.82) is 0 Å². The van der Waals surface area contributed by atoms with Crippen molar-refractivity contribution in [2.75, 3.05) is 14.2 Å². The van der Waals surface area contributed by atoms with Crippen LogP contribution in [0.1, 0.15) is 18.9 Å². The molecule has 0 aliphatic carbocycles. The van der Waals surface area contributed by atoms with E-state index in [1.54, 1.807) is 7.11 Å². The molecule has 17 heavy (non-hydrogen) atoms. The average molecular weight is 237 g/mol. The minimum atomic E-state index is -0.955. The Morgan fingerprint density at radius 1 is 1.29 bits per heavy atom. The van der Waals surface area contributed by atoms with Crippen molar-refractivity contribution in [3.63, 3.8) is 0 Å². The van der Waals surface area contributed by atoms with Gasteiger partial charge in [-0.05, 0) is 24.1 Å². The van der Waals surface area contributed by atoms with Gasteiger partial charge in [-0.15, -0.1) is 0 Å². The highest BCUT2D eigenvalue weighted by molar-refractivity contribution is 5.80. The smallest absolute Gasteiger partial charge is 0.326 e. The summed E-state index contributed by atoms with van der Waals surface area (Å²) in [6.07, 6.45) is 0.992. The van der Waals surface area contributed by atoms with Gasteiger partial charge in [0.2, 0.25) is 0 Å². The molecule has 0 saturated heterocycles. The summed E-state index contributed by atoms with van der Waals surface area (Å²) in [5, 5.41) is 0. The molecule has 4 nitrogen and oxygen atoms in total. The van der Waals surface area contributed by atoms with Crippen molar-refractivity contribution in [2.24, 2.45) is 5.73 Å². The van der Waals surface area contributed by atoms with Gasteiger partial charge in [0.25, 0.3) is 0 Å². The van der Waals surface area contributed by atoms with Crippen LogP contribution in [0.4, 0.5) is 0 Å². The van der Waals surface area contributed by atoms with Crippen LogP contribution in [0.3, 0.4) is 0 Å². The SMILES string of the molecule is CC[C@](N)(Cc1ccc(OC)cc1)C(=O)OC. The van der Waals surface area contributed by atoms with Crippen molar-refractivity contribution in [1.82, 2.24) is 0 Å². The second kappa shape index (κ2) is 5.68. The van der Waals surface area contributed by atoms with Crippen LogP contribution in [-0.4, -0.2) is 25.7 Å². The van der Waals surface area contributed by atoms with Crippen molar-refractivity contribution in [3.8, 4) is 5.75 Å². The zero-order chi connectivity index (χ0) is 12.9. The summed E-state index contributed by atoms with van der Waals surface area (Å²) in [5.41, 5.74) is 6.08. The average Bonchev–Trinajstić information content (AvgIpc) is 2.38. The Labute approximate surface area is 102 Å². The molecule has 0 bridgehead atoms. The summed E-state index contributed by atoms with van der Waals surface area (Å²) in [6.45, 7) is 1.88. The lowest BCUT2D eigenvalue weighted by atomic mass is 9.89. The highest BCUT2D eigenvalue weighted by Gasteiger charge is 2.33. The van der Waals surface area contributed by atoms with E-state index >= 15 is 0 Å². The molecule has 1 atom stereocenters. The van der Waals surface area contributed by atoms with E-state index in [9.17, 15) is 4.79 Å². The maximum absolute atomic E-state index is 11.6.